The molecule has 0 aromatic carbocycles. The van der Waals surface area contributed by atoms with Gasteiger partial charge in [0.2, 0.25) is 5.92 Å². The number of nitrogens with two attached hydrogens (primary N) is 1. The largest absolute Gasteiger partial charge is 0.495 e. The zero-order chi connectivity index (χ0) is 16.9. The number of nitrogen functional groups attached to an aromatic ring is 1. The van der Waals surface area contributed by atoms with Gasteiger partial charge in [-0.15, -0.1) is 0 Å². The monoisotopic (exact) mass is 332 g/mol. The van der Waals surface area contributed by atoms with E-state index in [0.717, 1.165) is 0 Å². The number of rotatable bonds is 3. The molecule has 2 N–H and O–H groups in total. The predicted molar refractivity (Wildman–Crippen MR) is 81.9 cm³/mol. The number of methoxy groups -OCH3 is 1. The summed E-state index contributed by atoms with van der Waals surface area (Å²) < 4.78 is 33.3. The zero-order valence-electron chi connectivity index (χ0n) is 12.8. The average molecular weight is 332 g/mol. The summed E-state index contributed by atoms with van der Waals surface area (Å²) in [5, 5.41) is 4.49. The Morgan fingerprint density at radius 2 is 2.08 bits per heavy atom. The Hall–Kier alpha value is -2.84. The molecule has 1 aliphatic carbocycles. The van der Waals surface area contributed by atoms with Crippen LogP contribution < -0.4 is 10.5 Å². The van der Waals surface area contributed by atoms with Crippen LogP contribution in [0.4, 0.5) is 14.6 Å². The SMILES string of the molecule is COc1cc2ncc(-c3cncc(N)n3)n2nc1C1CC(F)(F)C1. The van der Waals surface area contributed by atoms with Crippen molar-refractivity contribution >= 4 is 11.5 Å². The highest BCUT2D eigenvalue weighted by molar-refractivity contribution is 5.61. The number of imidazole rings is 1. The summed E-state index contributed by atoms with van der Waals surface area (Å²) >= 11 is 0. The fraction of sp³-hybridized carbons (Fsp3) is 0.333. The number of hydrogen-bond acceptors (Lipinski definition) is 6. The van der Waals surface area contributed by atoms with Gasteiger partial charge in [-0.2, -0.15) is 5.10 Å². The van der Waals surface area contributed by atoms with Crippen LogP contribution in [-0.4, -0.2) is 37.6 Å². The molecule has 0 bridgehead atoms. The lowest BCUT2D eigenvalue weighted by Gasteiger charge is -2.34. The second-order valence-electron chi connectivity index (χ2n) is 5.80. The fourth-order valence-corrected chi connectivity index (χ4v) is 2.89. The van der Waals surface area contributed by atoms with Gasteiger partial charge in [0.1, 0.15) is 28.6 Å². The van der Waals surface area contributed by atoms with E-state index < -0.39 is 5.92 Å². The molecule has 3 aromatic heterocycles. The molecule has 0 radical (unpaired) electrons. The Morgan fingerprint density at radius 3 is 2.75 bits per heavy atom. The minimum Gasteiger partial charge on any atom is -0.495 e. The summed E-state index contributed by atoms with van der Waals surface area (Å²) in [6.07, 6.45) is 4.10. The topological polar surface area (TPSA) is 91.2 Å². The Morgan fingerprint density at radius 1 is 1.29 bits per heavy atom. The second kappa shape index (κ2) is 5.08. The first kappa shape index (κ1) is 14.7. The van der Waals surface area contributed by atoms with Gasteiger partial charge >= 0.3 is 0 Å². The van der Waals surface area contributed by atoms with Gasteiger partial charge in [-0.1, -0.05) is 0 Å². The number of ether oxygens (including phenoxy) is 1. The molecular weight excluding hydrogens is 318 g/mol. The maximum Gasteiger partial charge on any atom is 0.249 e. The smallest absolute Gasteiger partial charge is 0.249 e. The molecule has 7 nitrogen and oxygen atoms in total. The first-order chi connectivity index (χ1) is 11.5. The first-order valence-electron chi connectivity index (χ1n) is 7.35. The molecule has 1 fully saturated rings. The van der Waals surface area contributed by atoms with Crippen molar-refractivity contribution in [3.8, 4) is 17.1 Å². The minimum atomic E-state index is -2.64. The maximum absolute atomic E-state index is 13.2. The van der Waals surface area contributed by atoms with Gasteiger partial charge in [-0.25, -0.2) is 23.3 Å². The van der Waals surface area contributed by atoms with Gasteiger partial charge in [-0.3, -0.25) is 4.98 Å². The molecule has 4 rings (SSSR count). The van der Waals surface area contributed by atoms with Crippen LogP contribution in [-0.2, 0) is 0 Å². The molecule has 0 atom stereocenters. The standard InChI is InChI=1S/C15H14F2N6O/c1-24-11-2-13-20-6-10(9-5-19-7-12(18)21-9)23(13)22-14(11)8-3-15(16,17)4-8/h2,5-8H,3-4H2,1H3,(H2,18,21). The fourth-order valence-electron chi connectivity index (χ4n) is 2.89. The molecule has 3 aromatic rings. The normalized spacial score (nSPS) is 17.0. The first-order valence-corrected chi connectivity index (χ1v) is 7.35. The van der Waals surface area contributed by atoms with Crippen molar-refractivity contribution in [3.05, 3.63) is 30.4 Å². The molecule has 0 amide bonds. The Kier molecular flexibility index (Phi) is 3.12. The van der Waals surface area contributed by atoms with E-state index in [1.165, 1.54) is 13.3 Å². The van der Waals surface area contributed by atoms with Crippen molar-refractivity contribution in [2.45, 2.75) is 24.7 Å². The molecule has 3 heterocycles. The van der Waals surface area contributed by atoms with Crippen LogP contribution in [0.15, 0.2) is 24.7 Å². The summed E-state index contributed by atoms with van der Waals surface area (Å²) in [5.74, 6) is -2.25. The number of halogens is 2. The third-order valence-electron chi connectivity index (χ3n) is 4.10. The molecule has 1 saturated carbocycles. The van der Waals surface area contributed by atoms with Crippen molar-refractivity contribution in [2.75, 3.05) is 12.8 Å². The van der Waals surface area contributed by atoms with Gasteiger partial charge in [-0.05, 0) is 0 Å². The summed E-state index contributed by atoms with van der Waals surface area (Å²) in [6, 6.07) is 1.68. The van der Waals surface area contributed by atoms with Gasteiger partial charge in [0.25, 0.3) is 0 Å². The van der Waals surface area contributed by atoms with E-state index in [1.54, 1.807) is 23.0 Å². The van der Waals surface area contributed by atoms with Crippen molar-refractivity contribution in [1.82, 2.24) is 24.6 Å². The third-order valence-corrected chi connectivity index (χ3v) is 4.10. The highest BCUT2D eigenvalue weighted by atomic mass is 19.3. The average Bonchev–Trinajstić information content (AvgIpc) is 2.94. The summed E-state index contributed by atoms with van der Waals surface area (Å²) in [7, 11) is 1.49. The van der Waals surface area contributed by atoms with Crippen molar-refractivity contribution in [3.63, 3.8) is 0 Å². The number of aromatic nitrogens is 5. The van der Waals surface area contributed by atoms with Crippen LogP contribution in [0, 0.1) is 0 Å². The van der Waals surface area contributed by atoms with Crippen LogP contribution in [0.25, 0.3) is 17.0 Å². The van der Waals surface area contributed by atoms with Crippen LogP contribution in [0.1, 0.15) is 24.5 Å². The second-order valence-corrected chi connectivity index (χ2v) is 5.80. The van der Waals surface area contributed by atoms with Crippen LogP contribution in [0.2, 0.25) is 0 Å². The van der Waals surface area contributed by atoms with E-state index in [-0.39, 0.29) is 24.6 Å². The molecule has 124 valence electrons. The van der Waals surface area contributed by atoms with E-state index in [2.05, 4.69) is 20.1 Å². The lowest BCUT2D eigenvalue weighted by atomic mass is 9.79. The van der Waals surface area contributed by atoms with Crippen molar-refractivity contribution in [2.24, 2.45) is 0 Å². The number of fused-ring (bicyclic) bond motifs is 1. The van der Waals surface area contributed by atoms with Crippen molar-refractivity contribution < 1.29 is 13.5 Å². The van der Waals surface area contributed by atoms with E-state index in [0.29, 0.717) is 28.5 Å². The van der Waals surface area contributed by atoms with Gasteiger partial charge in [0, 0.05) is 24.8 Å². The Labute approximate surface area is 135 Å². The number of anilines is 1. The Bertz CT molecular complexity index is 917. The highest BCUT2D eigenvalue weighted by Crippen LogP contribution is 2.49. The molecule has 0 spiro atoms. The number of alkyl halides is 2. The molecule has 24 heavy (non-hydrogen) atoms. The Balaban J connectivity index is 1.84. The maximum atomic E-state index is 13.2. The molecular formula is C15H14F2N6O. The third kappa shape index (κ3) is 2.32. The van der Waals surface area contributed by atoms with E-state index in [1.807, 2.05) is 0 Å². The molecule has 9 heteroatoms. The summed E-state index contributed by atoms with van der Waals surface area (Å²) in [5.41, 5.74) is 7.78. The quantitative estimate of drug-likeness (QED) is 0.791. The van der Waals surface area contributed by atoms with E-state index >= 15 is 0 Å². The summed E-state index contributed by atoms with van der Waals surface area (Å²) in [6.45, 7) is 0. The highest BCUT2D eigenvalue weighted by Gasteiger charge is 2.47. The van der Waals surface area contributed by atoms with Crippen LogP contribution in [0.5, 0.6) is 5.75 Å². The minimum absolute atomic E-state index is 0.232. The van der Waals surface area contributed by atoms with Gasteiger partial charge in [0.15, 0.2) is 5.65 Å². The van der Waals surface area contributed by atoms with Crippen LogP contribution in [0.3, 0.4) is 0 Å². The van der Waals surface area contributed by atoms with E-state index in [9.17, 15) is 8.78 Å². The molecule has 0 aliphatic heterocycles. The zero-order valence-corrected chi connectivity index (χ0v) is 12.8. The van der Waals surface area contributed by atoms with E-state index in [4.69, 9.17) is 10.5 Å². The van der Waals surface area contributed by atoms with Gasteiger partial charge in [0.05, 0.1) is 25.7 Å². The predicted octanol–water partition coefficient (Wildman–Crippen LogP) is 2.29. The number of hydrogen-bond donors (Lipinski definition) is 1. The number of nitrogens with zero attached hydrogens (tertiary/aromatic N) is 5. The molecule has 0 saturated heterocycles. The summed E-state index contributed by atoms with van der Waals surface area (Å²) in [4.78, 5) is 12.5. The van der Waals surface area contributed by atoms with Gasteiger partial charge < -0.3 is 10.5 Å². The molecule has 0 unspecified atom stereocenters. The lowest BCUT2D eigenvalue weighted by molar-refractivity contribution is -0.0881. The molecule has 1 aliphatic rings. The van der Waals surface area contributed by atoms with Crippen molar-refractivity contribution in [1.29, 1.82) is 0 Å². The van der Waals surface area contributed by atoms with Crippen LogP contribution >= 0.6 is 0 Å². The lowest BCUT2D eigenvalue weighted by Crippen LogP contribution is -2.34.